The number of amides is 2. The Hall–Kier alpha value is -2.24. The highest BCUT2D eigenvalue weighted by molar-refractivity contribution is 6.36. The van der Waals surface area contributed by atoms with Crippen molar-refractivity contribution in [2.75, 3.05) is 13.2 Å². The van der Waals surface area contributed by atoms with E-state index in [9.17, 15) is 9.59 Å². The molecule has 0 aromatic heterocycles. The Labute approximate surface area is 201 Å². The van der Waals surface area contributed by atoms with Gasteiger partial charge >= 0.3 is 0 Å². The Morgan fingerprint density at radius 3 is 2.19 bits per heavy atom. The molecule has 1 N–H and O–H groups in total. The van der Waals surface area contributed by atoms with Gasteiger partial charge in [0, 0.05) is 28.7 Å². The van der Waals surface area contributed by atoms with Crippen molar-refractivity contribution in [3.63, 3.8) is 0 Å². The second-order valence-corrected chi connectivity index (χ2v) is 9.33. The lowest BCUT2D eigenvalue weighted by Gasteiger charge is -2.29. The van der Waals surface area contributed by atoms with Crippen molar-refractivity contribution < 1.29 is 14.3 Å². The number of halogens is 2. The summed E-state index contributed by atoms with van der Waals surface area (Å²) in [6.45, 7) is 10.3. The first-order chi connectivity index (χ1) is 15.1. The van der Waals surface area contributed by atoms with Crippen molar-refractivity contribution in [1.29, 1.82) is 0 Å². The van der Waals surface area contributed by atoms with E-state index in [2.05, 4.69) is 19.2 Å². The fraction of sp³-hybridized carbons (Fsp3) is 0.440. The Morgan fingerprint density at radius 2 is 1.59 bits per heavy atom. The zero-order valence-electron chi connectivity index (χ0n) is 19.3. The predicted molar refractivity (Wildman–Crippen MR) is 130 cm³/mol. The highest BCUT2D eigenvalue weighted by Gasteiger charge is 2.28. The molecule has 174 valence electrons. The summed E-state index contributed by atoms with van der Waals surface area (Å²) in [5.41, 5.74) is 1.61. The Bertz CT molecular complexity index is 911. The van der Waals surface area contributed by atoms with Crippen LogP contribution < -0.4 is 10.1 Å². The lowest BCUT2D eigenvalue weighted by molar-refractivity contribution is -0.142. The average molecular weight is 479 g/mol. The molecule has 5 nitrogen and oxygen atoms in total. The molecule has 32 heavy (non-hydrogen) atoms. The summed E-state index contributed by atoms with van der Waals surface area (Å²) < 4.78 is 5.88. The molecule has 0 aliphatic rings. The van der Waals surface area contributed by atoms with Crippen LogP contribution >= 0.6 is 23.2 Å². The molecule has 0 spiro atoms. The number of nitrogens with zero attached hydrogens (tertiary/aromatic N) is 1. The molecule has 0 fully saturated rings. The fourth-order valence-corrected chi connectivity index (χ4v) is 3.72. The van der Waals surface area contributed by atoms with Crippen molar-refractivity contribution in [2.24, 2.45) is 5.92 Å². The van der Waals surface area contributed by atoms with E-state index in [0.29, 0.717) is 33.8 Å². The summed E-state index contributed by atoms with van der Waals surface area (Å²) >= 11 is 12.7. The lowest BCUT2D eigenvalue weighted by atomic mass is 10.0. The van der Waals surface area contributed by atoms with Crippen molar-refractivity contribution in [3.8, 4) is 5.75 Å². The molecule has 0 bridgehead atoms. The quantitative estimate of drug-likeness (QED) is 0.477. The molecule has 0 unspecified atom stereocenters. The van der Waals surface area contributed by atoms with E-state index in [1.165, 1.54) is 4.90 Å². The number of hydrogen-bond donors (Lipinski definition) is 1. The van der Waals surface area contributed by atoms with E-state index in [0.717, 1.165) is 5.56 Å². The van der Waals surface area contributed by atoms with Crippen LogP contribution in [0.15, 0.2) is 42.5 Å². The van der Waals surface area contributed by atoms with Gasteiger partial charge in [-0.2, -0.15) is 0 Å². The van der Waals surface area contributed by atoms with E-state index in [1.54, 1.807) is 25.1 Å². The minimum absolute atomic E-state index is 0.1000. The van der Waals surface area contributed by atoms with Gasteiger partial charge in [-0.05, 0) is 42.5 Å². The molecule has 2 rings (SSSR count). The van der Waals surface area contributed by atoms with Crippen LogP contribution in [0.25, 0.3) is 0 Å². The molecule has 0 radical (unpaired) electrons. The average Bonchev–Trinajstić information content (AvgIpc) is 2.75. The molecule has 7 heteroatoms. The van der Waals surface area contributed by atoms with Crippen molar-refractivity contribution in [3.05, 3.63) is 63.6 Å². The van der Waals surface area contributed by atoms with Gasteiger partial charge < -0.3 is 15.0 Å². The molecule has 1 atom stereocenters. The molecule has 0 aliphatic carbocycles. The van der Waals surface area contributed by atoms with Crippen molar-refractivity contribution in [1.82, 2.24) is 10.2 Å². The Morgan fingerprint density at radius 1 is 0.969 bits per heavy atom. The number of nitrogens with one attached hydrogen (secondary N) is 1. The summed E-state index contributed by atoms with van der Waals surface area (Å²) in [6.07, 6.45) is 0. The van der Waals surface area contributed by atoms with Gasteiger partial charge in [0.1, 0.15) is 11.8 Å². The highest BCUT2D eigenvalue weighted by atomic mass is 35.5. The predicted octanol–water partition coefficient (Wildman–Crippen LogP) is 5.69. The van der Waals surface area contributed by atoms with E-state index in [-0.39, 0.29) is 30.9 Å². The maximum absolute atomic E-state index is 13.2. The lowest BCUT2D eigenvalue weighted by Crippen LogP contribution is -2.49. The molecular weight excluding hydrogens is 447 g/mol. The largest absolute Gasteiger partial charge is 0.483 e. The van der Waals surface area contributed by atoms with E-state index in [4.69, 9.17) is 27.9 Å². The minimum atomic E-state index is -0.725. The first-order valence-electron chi connectivity index (χ1n) is 10.8. The van der Waals surface area contributed by atoms with Crippen LogP contribution in [0.4, 0.5) is 0 Å². The van der Waals surface area contributed by atoms with Gasteiger partial charge in [-0.25, -0.2) is 0 Å². The minimum Gasteiger partial charge on any atom is -0.483 e. The number of carbonyl (C=O) groups excluding carboxylic acids is 2. The van der Waals surface area contributed by atoms with E-state index in [1.807, 2.05) is 38.1 Å². The number of carbonyl (C=O) groups is 2. The number of hydrogen-bond acceptors (Lipinski definition) is 3. The molecular formula is C25H32Cl2N2O3. The van der Waals surface area contributed by atoms with Gasteiger partial charge in [-0.15, -0.1) is 0 Å². The molecule has 0 aliphatic heterocycles. The molecule has 2 aromatic rings. The first kappa shape index (κ1) is 26.0. The normalized spacial score (nSPS) is 12.0. The number of para-hydroxylation sites is 1. The maximum Gasteiger partial charge on any atom is 0.261 e. The Balaban J connectivity index is 2.25. The van der Waals surface area contributed by atoms with Gasteiger partial charge in [-0.3, -0.25) is 9.59 Å². The van der Waals surface area contributed by atoms with Crippen LogP contribution in [0.3, 0.4) is 0 Å². The molecule has 2 amide bonds. The number of rotatable bonds is 10. The first-order valence-corrected chi connectivity index (χ1v) is 11.6. The Kier molecular flexibility index (Phi) is 9.85. The summed E-state index contributed by atoms with van der Waals surface area (Å²) in [5, 5.41) is 3.77. The smallest absolute Gasteiger partial charge is 0.261 e. The zero-order valence-corrected chi connectivity index (χ0v) is 20.8. The summed E-state index contributed by atoms with van der Waals surface area (Å²) in [7, 11) is 0. The fourth-order valence-electron chi connectivity index (χ4n) is 3.20. The van der Waals surface area contributed by atoms with Crippen LogP contribution in [0.2, 0.25) is 10.0 Å². The third-order valence-electron chi connectivity index (χ3n) is 5.13. The van der Waals surface area contributed by atoms with Crippen LogP contribution in [-0.2, 0) is 16.1 Å². The summed E-state index contributed by atoms with van der Waals surface area (Å²) in [4.78, 5) is 27.5. The SMILES string of the molecule is CC(C)CNC(=O)[C@H](C)N(Cc1c(Cl)cccc1Cl)C(=O)COc1ccccc1C(C)C. The third-order valence-corrected chi connectivity index (χ3v) is 5.84. The van der Waals surface area contributed by atoms with Crippen LogP contribution in [-0.4, -0.2) is 35.9 Å². The molecule has 0 saturated carbocycles. The number of benzene rings is 2. The summed E-state index contributed by atoms with van der Waals surface area (Å²) in [5.74, 6) is 0.636. The second kappa shape index (κ2) is 12.1. The van der Waals surface area contributed by atoms with Crippen LogP contribution in [0.5, 0.6) is 5.75 Å². The molecule has 0 heterocycles. The molecule has 0 saturated heterocycles. The van der Waals surface area contributed by atoms with Gasteiger partial charge in [0.2, 0.25) is 5.91 Å². The second-order valence-electron chi connectivity index (χ2n) is 8.52. The molecule has 2 aromatic carbocycles. The van der Waals surface area contributed by atoms with E-state index < -0.39 is 6.04 Å². The van der Waals surface area contributed by atoms with Gasteiger partial charge in [0.25, 0.3) is 5.91 Å². The van der Waals surface area contributed by atoms with Crippen molar-refractivity contribution in [2.45, 2.75) is 53.1 Å². The van der Waals surface area contributed by atoms with Gasteiger partial charge in [0.15, 0.2) is 6.61 Å². The number of ether oxygens (including phenoxy) is 1. The zero-order chi connectivity index (χ0) is 23.8. The maximum atomic E-state index is 13.2. The summed E-state index contributed by atoms with van der Waals surface area (Å²) in [6, 6.07) is 12.1. The van der Waals surface area contributed by atoms with Crippen LogP contribution in [0, 0.1) is 5.92 Å². The third kappa shape index (κ3) is 7.14. The van der Waals surface area contributed by atoms with Gasteiger partial charge in [-0.1, -0.05) is 75.2 Å². The monoisotopic (exact) mass is 478 g/mol. The van der Waals surface area contributed by atoms with Crippen LogP contribution in [0.1, 0.15) is 51.7 Å². The van der Waals surface area contributed by atoms with Gasteiger partial charge in [0.05, 0.1) is 0 Å². The standard InChI is InChI=1S/C25H32Cl2N2O3/c1-16(2)13-28-25(31)18(5)29(14-20-21(26)10-8-11-22(20)27)24(30)15-32-23-12-7-6-9-19(23)17(3)4/h6-12,16-18H,13-15H2,1-5H3,(H,28,31)/t18-/m0/s1. The van der Waals surface area contributed by atoms with Crippen molar-refractivity contribution >= 4 is 35.0 Å². The van der Waals surface area contributed by atoms with E-state index >= 15 is 0 Å². The highest BCUT2D eigenvalue weighted by Crippen LogP contribution is 2.28. The topological polar surface area (TPSA) is 58.6 Å².